The van der Waals surface area contributed by atoms with E-state index in [-0.39, 0.29) is 12.3 Å². The van der Waals surface area contributed by atoms with Crippen molar-refractivity contribution in [1.29, 1.82) is 0 Å². The quantitative estimate of drug-likeness (QED) is 0.484. The molecule has 0 fully saturated rings. The van der Waals surface area contributed by atoms with Crippen LogP contribution in [0.5, 0.6) is 5.75 Å². The molecule has 0 aliphatic heterocycles. The summed E-state index contributed by atoms with van der Waals surface area (Å²) in [4.78, 5) is 11.8. The Bertz CT molecular complexity index is 920. The number of nitrogens with two attached hydrogens (primary N) is 1. The number of nitrogens with zero attached hydrogens (tertiary/aromatic N) is 3. The largest absolute Gasteiger partial charge is 0.489 e. The van der Waals surface area contributed by atoms with Crippen molar-refractivity contribution in [3.05, 3.63) is 70.2 Å². The van der Waals surface area contributed by atoms with Crippen LogP contribution in [0.1, 0.15) is 21.7 Å². The second-order valence-electron chi connectivity index (χ2n) is 5.85. The Morgan fingerprint density at radius 3 is 2.59 bits per heavy atom. The number of amides is 1. The predicted octanol–water partition coefficient (Wildman–Crippen LogP) is 2.70. The van der Waals surface area contributed by atoms with Gasteiger partial charge in [0.25, 0.3) is 0 Å². The summed E-state index contributed by atoms with van der Waals surface area (Å²) in [5, 5.41) is 12.3. The summed E-state index contributed by atoms with van der Waals surface area (Å²) in [6, 6.07) is 15.7. The molecule has 0 radical (unpaired) electrons. The van der Waals surface area contributed by atoms with E-state index >= 15 is 0 Å². The Morgan fingerprint density at radius 1 is 1.19 bits per heavy atom. The van der Waals surface area contributed by atoms with Crippen LogP contribution in [-0.4, -0.2) is 22.3 Å². The van der Waals surface area contributed by atoms with Gasteiger partial charge in [0.2, 0.25) is 11.0 Å². The maximum Gasteiger partial charge on any atom is 0.247 e. The zero-order valence-corrected chi connectivity index (χ0v) is 15.6. The molecule has 27 heavy (non-hydrogen) atoms. The summed E-state index contributed by atoms with van der Waals surface area (Å²) in [7, 11) is 0. The summed E-state index contributed by atoms with van der Waals surface area (Å²) in [6.07, 6.45) is 1.66. The van der Waals surface area contributed by atoms with E-state index in [1.807, 2.05) is 24.3 Å². The van der Waals surface area contributed by atoms with Crippen molar-refractivity contribution < 1.29 is 9.53 Å². The molecule has 2 aromatic carbocycles. The van der Waals surface area contributed by atoms with E-state index in [0.29, 0.717) is 16.7 Å². The molecule has 0 aliphatic rings. The predicted molar refractivity (Wildman–Crippen MR) is 106 cm³/mol. The van der Waals surface area contributed by atoms with Crippen LogP contribution >= 0.6 is 11.3 Å². The number of aromatic nitrogens is 2. The van der Waals surface area contributed by atoms with Gasteiger partial charge in [-0.2, -0.15) is 5.10 Å². The van der Waals surface area contributed by atoms with Crippen molar-refractivity contribution in [2.24, 2.45) is 5.10 Å². The first-order valence-corrected chi connectivity index (χ1v) is 9.08. The number of hydrazone groups is 1. The van der Waals surface area contributed by atoms with Crippen molar-refractivity contribution in [2.45, 2.75) is 20.0 Å². The lowest BCUT2D eigenvalue weighted by Crippen LogP contribution is -2.19. The average molecular weight is 381 g/mol. The molecule has 0 aliphatic carbocycles. The Balaban J connectivity index is 1.46. The van der Waals surface area contributed by atoms with Gasteiger partial charge in [-0.25, -0.2) is 5.43 Å². The molecule has 3 N–H and O–H groups in total. The molecule has 1 heterocycles. The van der Waals surface area contributed by atoms with Crippen LogP contribution in [0.25, 0.3) is 0 Å². The zero-order valence-electron chi connectivity index (χ0n) is 14.8. The highest BCUT2D eigenvalue weighted by Crippen LogP contribution is 2.14. The number of hydrogen-bond acceptors (Lipinski definition) is 7. The Morgan fingerprint density at radius 2 is 1.93 bits per heavy atom. The van der Waals surface area contributed by atoms with E-state index in [1.54, 1.807) is 6.21 Å². The summed E-state index contributed by atoms with van der Waals surface area (Å²) < 4.78 is 5.76. The van der Waals surface area contributed by atoms with Crippen LogP contribution in [0.15, 0.2) is 53.6 Å². The van der Waals surface area contributed by atoms with Crippen LogP contribution in [-0.2, 0) is 17.8 Å². The summed E-state index contributed by atoms with van der Waals surface area (Å²) in [5.74, 6) is 0.492. The normalized spacial score (nSPS) is 10.9. The molecule has 8 heteroatoms. The maximum absolute atomic E-state index is 11.8. The zero-order chi connectivity index (χ0) is 19.1. The minimum Gasteiger partial charge on any atom is -0.489 e. The van der Waals surface area contributed by atoms with E-state index < -0.39 is 0 Å². The van der Waals surface area contributed by atoms with Crippen molar-refractivity contribution in [1.82, 2.24) is 15.6 Å². The van der Waals surface area contributed by atoms with Gasteiger partial charge >= 0.3 is 0 Å². The lowest BCUT2D eigenvalue weighted by Gasteiger charge is -2.06. The van der Waals surface area contributed by atoms with Gasteiger partial charge in [-0.15, -0.1) is 10.2 Å². The molecule has 0 unspecified atom stereocenters. The molecule has 138 valence electrons. The first kappa shape index (κ1) is 18.5. The second-order valence-corrected chi connectivity index (χ2v) is 6.94. The van der Waals surface area contributed by atoms with Crippen LogP contribution < -0.4 is 15.9 Å². The molecule has 1 amide bonds. The Hall–Kier alpha value is -3.26. The highest BCUT2D eigenvalue weighted by atomic mass is 32.1. The van der Waals surface area contributed by atoms with Gasteiger partial charge in [0.05, 0.1) is 12.6 Å². The van der Waals surface area contributed by atoms with Gasteiger partial charge in [0, 0.05) is 0 Å². The number of anilines is 1. The van der Waals surface area contributed by atoms with E-state index in [0.717, 1.165) is 16.9 Å². The van der Waals surface area contributed by atoms with Crippen LogP contribution in [0.2, 0.25) is 0 Å². The number of aryl methyl sites for hydroxylation is 1. The van der Waals surface area contributed by atoms with Gasteiger partial charge in [-0.05, 0) is 42.3 Å². The average Bonchev–Trinajstić information content (AvgIpc) is 3.07. The van der Waals surface area contributed by atoms with Gasteiger partial charge in [0.15, 0.2) is 0 Å². The fraction of sp³-hybridized carbons (Fsp3) is 0.158. The molecule has 3 aromatic rings. The third kappa shape index (κ3) is 5.89. The minimum absolute atomic E-state index is 0.0952. The van der Waals surface area contributed by atoms with Crippen molar-refractivity contribution in [3.8, 4) is 5.75 Å². The van der Waals surface area contributed by atoms with Crippen molar-refractivity contribution in [3.63, 3.8) is 0 Å². The van der Waals surface area contributed by atoms with Crippen molar-refractivity contribution >= 4 is 28.6 Å². The number of benzene rings is 2. The van der Waals surface area contributed by atoms with E-state index in [1.165, 1.54) is 16.9 Å². The highest BCUT2D eigenvalue weighted by molar-refractivity contribution is 7.15. The molecule has 3 rings (SSSR count). The standard InChI is InChI=1S/C19H19N5O2S/c1-13-2-4-15(5-3-13)12-26-16-8-6-14(7-9-16)11-21-22-17(25)10-18-23-24-19(20)27-18/h2-9,11H,10,12H2,1H3,(H2,20,24)(H,22,25)/b21-11-. The van der Waals surface area contributed by atoms with Gasteiger partial charge in [-0.3, -0.25) is 4.79 Å². The number of nitrogens with one attached hydrogen (secondary N) is 1. The molecule has 1 aromatic heterocycles. The second kappa shape index (κ2) is 8.91. The molecule has 7 nitrogen and oxygen atoms in total. The van der Waals surface area contributed by atoms with E-state index in [4.69, 9.17) is 10.5 Å². The molecular formula is C19H19N5O2S. The van der Waals surface area contributed by atoms with Gasteiger partial charge in [-0.1, -0.05) is 41.2 Å². The van der Waals surface area contributed by atoms with Crippen LogP contribution in [0.4, 0.5) is 5.13 Å². The first-order chi connectivity index (χ1) is 13.1. The van der Waals surface area contributed by atoms with E-state index in [2.05, 4.69) is 51.9 Å². The monoisotopic (exact) mass is 381 g/mol. The van der Waals surface area contributed by atoms with Gasteiger partial charge in [0.1, 0.15) is 17.4 Å². The van der Waals surface area contributed by atoms with Crippen LogP contribution in [0.3, 0.4) is 0 Å². The summed E-state index contributed by atoms with van der Waals surface area (Å²) >= 11 is 1.18. The third-order valence-corrected chi connectivity index (χ3v) is 4.36. The van der Waals surface area contributed by atoms with Gasteiger partial charge < -0.3 is 10.5 Å². The summed E-state index contributed by atoms with van der Waals surface area (Å²) in [5.41, 5.74) is 11.1. The number of ether oxygens (including phenoxy) is 1. The first-order valence-electron chi connectivity index (χ1n) is 8.26. The molecule has 0 spiro atoms. The lowest BCUT2D eigenvalue weighted by atomic mass is 10.2. The molecular weight excluding hydrogens is 362 g/mol. The SMILES string of the molecule is Cc1ccc(COc2ccc(/C=N\NC(=O)Cc3nnc(N)s3)cc2)cc1. The third-order valence-electron chi connectivity index (χ3n) is 3.60. The lowest BCUT2D eigenvalue weighted by molar-refractivity contribution is -0.120. The summed E-state index contributed by atoms with van der Waals surface area (Å²) in [6.45, 7) is 2.57. The van der Waals surface area contributed by atoms with E-state index in [9.17, 15) is 4.79 Å². The molecule has 0 saturated carbocycles. The smallest absolute Gasteiger partial charge is 0.247 e. The van der Waals surface area contributed by atoms with Crippen molar-refractivity contribution in [2.75, 3.05) is 5.73 Å². The Kier molecular flexibility index (Phi) is 6.11. The fourth-order valence-electron chi connectivity index (χ4n) is 2.19. The minimum atomic E-state index is -0.277. The topological polar surface area (TPSA) is 102 Å². The molecule has 0 saturated heterocycles. The number of nitrogen functional groups attached to an aromatic ring is 1. The number of hydrogen-bond donors (Lipinski definition) is 2. The maximum atomic E-state index is 11.8. The molecule has 0 atom stereocenters. The highest BCUT2D eigenvalue weighted by Gasteiger charge is 2.07. The van der Waals surface area contributed by atoms with Crippen LogP contribution in [0, 0.1) is 6.92 Å². The Labute approximate surface area is 160 Å². The fourth-order valence-corrected chi connectivity index (χ4v) is 2.80. The molecule has 0 bridgehead atoms. The number of carbonyl (C=O) groups excluding carboxylic acids is 1. The number of carbonyl (C=O) groups is 1. The number of rotatable bonds is 7.